The lowest BCUT2D eigenvalue weighted by Crippen LogP contribution is -1.92. The molecule has 0 aliphatic heterocycles. The molecule has 1 rings (SSSR count). The Morgan fingerprint density at radius 1 is 1.64 bits per heavy atom. The van der Waals surface area contributed by atoms with E-state index in [-0.39, 0.29) is 6.10 Å². The monoisotopic (exact) mass is 298 g/mol. The van der Waals surface area contributed by atoms with Gasteiger partial charge in [0, 0.05) is 5.56 Å². The lowest BCUT2D eigenvalue weighted by molar-refractivity contribution is 0.173. The highest BCUT2D eigenvalue weighted by molar-refractivity contribution is 9.12. The van der Waals surface area contributed by atoms with Gasteiger partial charge >= 0.3 is 0 Å². The third kappa shape index (κ3) is 2.28. The first kappa shape index (κ1) is 9.71. The van der Waals surface area contributed by atoms with Crippen molar-refractivity contribution >= 4 is 43.2 Å². The summed E-state index contributed by atoms with van der Waals surface area (Å²) < 4.78 is 2.06. The number of halogens is 2. The second-order valence-corrected chi connectivity index (χ2v) is 5.95. The Bertz CT molecular complexity index is 247. The number of hydrogen-bond acceptors (Lipinski definition) is 2. The van der Waals surface area contributed by atoms with Gasteiger partial charge in [-0.05, 0) is 44.3 Å². The summed E-state index contributed by atoms with van der Waals surface area (Å²) in [5.41, 5.74) is 0.976. The summed E-state index contributed by atoms with van der Waals surface area (Å²) >= 11 is 8.33. The average Bonchev–Trinajstić information content (AvgIpc) is 2.28. The highest BCUT2D eigenvalue weighted by atomic mass is 79.9. The Labute approximate surface area is 86.7 Å². The Kier molecular flexibility index (Phi) is 3.55. The highest BCUT2D eigenvalue weighted by Gasteiger charge is 2.11. The quantitative estimate of drug-likeness (QED) is 0.882. The molecule has 0 fully saturated rings. The highest BCUT2D eigenvalue weighted by Crippen LogP contribution is 2.36. The van der Waals surface area contributed by atoms with Crippen molar-refractivity contribution in [2.24, 2.45) is 0 Å². The van der Waals surface area contributed by atoms with E-state index < -0.39 is 0 Å². The van der Waals surface area contributed by atoms with Crippen molar-refractivity contribution < 1.29 is 5.11 Å². The maximum atomic E-state index is 9.48. The minimum Gasteiger partial charge on any atom is -0.388 e. The van der Waals surface area contributed by atoms with Crippen LogP contribution < -0.4 is 0 Å². The zero-order valence-electron chi connectivity index (χ0n) is 5.97. The molecule has 1 nitrogen and oxygen atoms in total. The predicted octanol–water partition coefficient (Wildman–Crippen LogP) is 3.72. The molecule has 1 N–H and O–H groups in total. The van der Waals surface area contributed by atoms with E-state index in [2.05, 4.69) is 31.9 Å². The minimum absolute atomic E-state index is 0.341. The van der Waals surface area contributed by atoms with Gasteiger partial charge in [0.05, 0.1) is 13.7 Å². The third-order valence-corrected chi connectivity index (χ3v) is 3.81. The summed E-state index contributed by atoms with van der Waals surface area (Å²) in [7, 11) is 0. The van der Waals surface area contributed by atoms with Gasteiger partial charge in [0.1, 0.15) is 0 Å². The molecule has 0 aliphatic rings. The van der Waals surface area contributed by atoms with Crippen molar-refractivity contribution in [3.8, 4) is 0 Å². The van der Waals surface area contributed by atoms with E-state index >= 15 is 0 Å². The fraction of sp³-hybridized carbons (Fsp3) is 0.429. The van der Waals surface area contributed by atoms with Gasteiger partial charge in [-0.25, -0.2) is 0 Å². The summed E-state index contributed by atoms with van der Waals surface area (Å²) in [5, 5.41) is 9.48. The summed E-state index contributed by atoms with van der Waals surface area (Å²) in [4.78, 5) is 0. The summed E-state index contributed by atoms with van der Waals surface area (Å²) in [6, 6.07) is 1.95. The second-order valence-electron chi connectivity index (χ2n) is 2.20. The van der Waals surface area contributed by atoms with Crippen LogP contribution >= 0.6 is 43.2 Å². The summed E-state index contributed by atoms with van der Waals surface area (Å²) in [6.07, 6.45) is 0.411. The Morgan fingerprint density at radius 3 is 2.64 bits per heavy atom. The topological polar surface area (TPSA) is 20.2 Å². The zero-order chi connectivity index (χ0) is 8.43. The molecule has 0 unspecified atom stereocenters. The van der Waals surface area contributed by atoms with Crippen molar-refractivity contribution in [3.05, 3.63) is 19.2 Å². The molecule has 0 aromatic carbocycles. The fourth-order valence-corrected chi connectivity index (χ4v) is 3.76. The fourth-order valence-electron chi connectivity index (χ4n) is 0.800. The Hall–Kier alpha value is 0.620. The number of thiophene rings is 1. The largest absolute Gasteiger partial charge is 0.388 e. The molecule has 0 radical (unpaired) electrons. The first-order chi connectivity index (χ1) is 5.15. The molecule has 1 aromatic rings. The molecule has 62 valence electrons. The van der Waals surface area contributed by atoms with Crippen LogP contribution in [0.4, 0.5) is 0 Å². The van der Waals surface area contributed by atoms with E-state index in [1.165, 1.54) is 0 Å². The minimum atomic E-state index is -0.341. The zero-order valence-corrected chi connectivity index (χ0v) is 9.96. The van der Waals surface area contributed by atoms with Crippen LogP contribution in [0.1, 0.15) is 25.0 Å². The van der Waals surface area contributed by atoms with E-state index in [0.29, 0.717) is 0 Å². The summed E-state index contributed by atoms with van der Waals surface area (Å²) in [5.74, 6) is 0. The molecule has 0 spiro atoms. The van der Waals surface area contributed by atoms with Crippen molar-refractivity contribution in [3.63, 3.8) is 0 Å². The first-order valence-electron chi connectivity index (χ1n) is 3.28. The third-order valence-electron chi connectivity index (χ3n) is 1.43. The number of rotatable bonds is 2. The van der Waals surface area contributed by atoms with Gasteiger partial charge < -0.3 is 5.11 Å². The number of aliphatic hydroxyl groups is 1. The van der Waals surface area contributed by atoms with E-state index in [0.717, 1.165) is 19.6 Å². The van der Waals surface area contributed by atoms with Crippen molar-refractivity contribution in [1.29, 1.82) is 0 Å². The molecule has 11 heavy (non-hydrogen) atoms. The van der Waals surface area contributed by atoms with E-state index in [1.54, 1.807) is 11.3 Å². The van der Waals surface area contributed by atoms with Gasteiger partial charge in [-0.15, -0.1) is 11.3 Å². The molecule has 4 heteroatoms. The lowest BCUT2D eigenvalue weighted by Gasteiger charge is -2.04. The van der Waals surface area contributed by atoms with Crippen molar-refractivity contribution in [2.45, 2.75) is 19.4 Å². The molecule has 1 atom stereocenters. The van der Waals surface area contributed by atoms with Crippen LogP contribution in [0.5, 0.6) is 0 Å². The first-order valence-corrected chi connectivity index (χ1v) is 5.68. The molecular formula is C7H8Br2OS. The molecule has 0 saturated heterocycles. The maximum Gasteiger partial charge on any atom is 0.0807 e. The molecular weight excluding hydrogens is 292 g/mol. The molecule has 0 bridgehead atoms. The normalized spacial score (nSPS) is 13.5. The van der Waals surface area contributed by atoms with Crippen LogP contribution in [0, 0.1) is 0 Å². The van der Waals surface area contributed by atoms with Gasteiger partial charge in [0.2, 0.25) is 0 Å². The summed E-state index contributed by atoms with van der Waals surface area (Å²) in [6.45, 7) is 1.96. The van der Waals surface area contributed by atoms with Gasteiger partial charge in [0.25, 0.3) is 0 Å². The predicted molar refractivity (Wildman–Crippen MR) is 55.0 cm³/mol. The van der Waals surface area contributed by atoms with Gasteiger partial charge in [0.15, 0.2) is 0 Å². The standard InChI is InChI=1S/C7H8Br2OS/c1-2-5(10)4-3-6(8)11-7(4)9/h3,5,10H,2H2,1H3/t5-/m1/s1. The van der Waals surface area contributed by atoms with Crippen LogP contribution in [0.15, 0.2) is 13.6 Å². The van der Waals surface area contributed by atoms with Gasteiger partial charge in [-0.3, -0.25) is 0 Å². The second kappa shape index (κ2) is 4.03. The smallest absolute Gasteiger partial charge is 0.0807 e. The van der Waals surface area contributed by atoms with Crippen LogP contribution in [0.3, 0.4) is 0 Å². The average molecular weight is 300 g/mol. The van der Waals surface area contributed by atoms with Gasteiger partial charge in [-0.2, -0.15) is 0 Å². The SMILES string of the molecule is CC[C@@H](O)c1cc(Br)sc1Br. The van der Waals surface area contributed by atoms with Gasteiger partial charge in [-0.1, -0.05) is 6.92 Å². The molecule has 0 aliphatic carbocycles. The Morgan fingerprint density at radius 2 is 2.27 bits per heavy atom. The maximum absolute atomic E-state index is 9.48. The molecule has 1 aromatic heterocycles. The molecule has 0 saturated carbocycles. The van der Waals surface area contributed by atoms with Crippen LogP contribution in [-0.4, -0.2) is 5.11 Å². The van der Waals surface area contributed by atoms with Crippen molar-refractivity contribution in [1.82, 2.24) is 0 Å². The van der Waals surface area contributed by atoms with E-state index in [1.807, 2.05) is 13.0 Å². The van der Waals surface area contributed by atoms with Crippen LogP contribution in [0.25, 0.3) is 0 Å². The Balaban J connectivity index is 2.93. The van der Waals surface area contributed by atoms with Crippen molar-refractivity contribution in [2.75, 3.05) is 0 Å². The number of aliphatic hydroxyl groups excluding tert-OH is 1. The van der Waals surface area contributed by atoms with E-state index in [9.17, 15) is 5.11 Å². The van der Waals surface area contributed by atoms with Crippen LogP contribution in [0.2, 0.25) is 0 Å². The lowest BCUT2D eigenvalue weighted by atomic mass is 10.1. The van der Waals surface area contributed by atoms with Crippen LogP contribution in [-0.2, 0) is 0 Å². The molecule has 0 amide bonds. The van der Waals surface area contributed by atoms with E-state index in [4.69, 9.17) is 0 Å². The molecule has 1 heterocycles. The number of hydrogen-bond donors (Lipinski definition) is 1.